The number of hydrogen-bond donors (Lipinski definition) is 3. The number of aromatic nitrogens is 3. The molecular weight excluding hydrogens is 290 g/mol. The summed E-state index contributed by atoms with van der Waals surface area (Å²) < 4.78 is 0. The Bertz CT molecular complexity index is 837. The Morgan fingerprint density at radius 3 is 2.83 bits per heavy atom. The van der Waals surface area contributed by atoms with Gasteiger partial charge >= 0.3 is 0 Å². The molecule has 0 unspecified atom stereocenters. The molecule has 1 aliphatic rings. The van der Waals surface area contributed by atoms with Gasteiger partial charge in [-0.2, -0.15) is 0 Å². The van der Waals surface area contributed by atoms with E-state index in [-0.39, 0.29) is 11.9 Å². The number of carbonyl (C=O) groups is 1. The van der Waals surface area contributed by atoms with Crippen molar-refractivity contribution in [2.75, 3.05) is 11.9 Å². The molecule has 0 aliphatic carbocycles. The van der Waals surface area contributed by atoms with Gasteiger partial charge in [0, 0.05) is 11.8 Å². The average molecular weight is 307 g/mol. The first-order valence-corrected chi connectivity index (χ1v) is 7.76. The van der Waals surface area contributed by atoms with Gasteiger partial charge in [-0.1, -0.05) is 30.3 Å². The highest BCUT2D eigenvalue weighted by atomic mass is 16.2. The van der Waals surface area contributed by atoms with E-state index in [0.717, 1.165) is 30.3 Å². The molecule has 0 spiro atoms. The fraction of sp³-hybridized carbons (Fsp3) is 0.235. The number of aromatic amines is 1. The van der Waals surface area contributed by atoms with Crippen molar-refractivity contribution in [1.82, 2.24) is 20.3 Å². The first-order chi connectivity index (χ1) is 11.3. The molecule has 3 aromatic rings. The molecule has 6 nitrogen and oxygen atoms in total. The van der Waals surface area contributed by atoms with Gasteiger partial charge in [0.2, 0.25) is 5.91 Å². The number of amides is 1. The molecule has 0 bridgehead atoms. The van der Waals surface area contributed by atoms with Gasteiger partial charge in [-0.3, -0.25) is 4.79 Å². The Balaban J connectivity index is 1.72. The summed E-state index contributed by atoms with van der Waals surface area (Å²) in [4.78, 5) is 24.6. The molecular formula is C17H17N5O. The molecule has 0 radical (unpaired) electrons. The van der Waals surface area contributed by atoms with E-state index >= 15 is 0 Å². The quantitative estimate of drug-likeness (QED) is 0.693. The molecule has 3 heterocycles. The van der Waals surface area contributed by atoms with Crippen molar-refractivity contribution in [3.63, 3.8) is 0 Å². The molecule has 1 aliphatic heterocycles. The highest BCUT2D eigenvalue weighted by molar-refractivity contribution is 6.01. The second kappa shape index (κ2) is 5.81. The number of carbonyl (C=O) groups excluding carboxylic acids is 1. The highest BCUT2D eigenvalue weighted by Crippen LogP contribution is 2.24. The molecule has 3 N–H and O–H groups in total. The van der Waals surface area contributed by atoms with Crippen molar-refractivity contribution in [1.29, 1.82) is 0 Å². The smallest absolute Gasteiger partial charge is 0.242 e. The SMILES string of the molecule is O=C(Nc1nc(-c2ccccc2)nc2[nH]ccc12)[C@@H]1CCCN1. The minimum absolute atomic E-state index is 0.0392. The monoisotopic (exact) mass is 307 g/mol. The van der Waals surface area contributed by atoms with Crippen molar-refractivity contribution >= 4 is 22.8 Å². The zero-order valence-corrected chi connectivity index (χ0v) is 12.5. The summed E-state index contributed by atoms with van der Waals surface area (Å²) in [5, 5.41) is 6.97. The fourth-order valence-electron chi connectivity index (χ4n) is 2.86. The van der Waals surface area contributed by atoms with Crippen molar-refractivity contribution in [3.05, 3.63) is 42.6 Å². The van der Waals surface area contributed by atoms with Crippen LogP contribution in [0.15, 0.2) is 42.6 Å². The van der Waals surface area contributed by atoms with Gasteiger partial charge in [-0.25, -0.2) is 9.97 Å². The number of hydrogen-bond acceptors (Lipinski definition) is 4. The van der Waals surface area contributed by atoms with Crippen LogP contribution in [0.1, 0.15) is 12.8 Å². The first kappa shape index (κ1) is 13.9. The van der Waals surface area contributed by atoms with E-state index in [1.807, 2.05) is 36.4 Å². The predicted molar refractivity (Wildman–Crippen MR) is 89.0 cm³/mol. The van der Waals surface area contributed by atoms with Crippen LogP contribution in [0.2, 0.25) is 0 Å². The second-order valence-electron chi connectivity index (χ2n) is 5.64. The number of anilines is 1. The Labute approximate surface area is 133 Å². The molecule has 2 aromatic heterocycles. The van der Waals surface area contributed by atoms with E-state index in [1.54, 1.807) is 6.20 Å². The number of nitrogens with zero attached hydrogens (tertiary/aromatic N) is 2. The Kier molecular flexibility index (Phi) is 3.51. The molecule has 4 rings (SSSR count). The number of nitrogens with one attached hydrogen (secondary N) is 3. The molecule has 1 amide bonds. The van der Waals surface area contributed by atoms with Gasteiger partial charge in [-0.05, 0) is 25.5 Å². The molecule has 1 atom stereocenters. The minimum Gasteiger partial charge on any atom is -0.346 e. The van der Waals surface area contributed by atoms with E-state index in [4.69, 9.17) is 0 Å². The minimum atomic E-state index is -0.140. The third-order valence-corrected chi connectivity index (χ3v) is 4.07. The maximum absolute atomic E-state index is 12.4. The van der Waals surface area contributed by atoms with Crippen LogP contribution in [0.4, 0.5) is 5.82 Å². The second-order valence-corrected chi connectivity index (χ2v) is 5.64. The third-order valence-electron chi connectivity index (χ3n) is 4.07. The van der Waals surface area contributed by atoms with E-state index in [2.05, 4.69) is 25.6 Å². The Morgan fingerprint density at radius 1 is 1.17 bits per heavy atom. The molecule has 6 heteroatoms. The van der Waals surface area contributed by atoms with Gasteiger partial charge in [0.15, 0.2) is 5.82 Å². The Morgan fingerprint density at radius 2 is 2.04 bits per heavy atom. The lowest BCUT2D eigenvalue weighted by Gasteiger charge is -2.12. The summed E-state index contributed by atoms with van der Waals surface area (Å²) in [6.07, 6.45) is 3.69. The van der Waals surface area contributed by atoms with Crippen LogP contribution >= 0.6 is 0 Å². The summed E-state index contributed by atoms with van der Waals surface area (Å²) in [5.41, 5.74) is 1.63. The van der Waals surface area contributed by atoms with Crippen molar-refractivity contribution in [2.24, 2.45) is 0 Å². The van der Waals surface area contributed by atoms with E-state index in [1.165, 1.54) is 0 Å². The normalized spacial score (nSPS) is 17.5. The zero-order chi connectivity index (χ0) is 15.6. The van der Waals surface area contributed by atoms with Crippen LogP contribution in [-0.2, 0) is 4.79 Å². The largest absolute Gasteiger partial charge is 0.346 e. The lowest BCUT2D eigenvalue weighted by molar-refractivity contribution is -0.117. The maximum Gasteiger partial charge on any atom is 0.242 e. The van der Waals surface area contributed by atoms with Crippen LogP contribution in [0.3, 0.4) is 0 Å². The zero-order valence-electron chi connectivity index (χ0n) is 12.5. The summed E-state index contributed by atoms with van der Waals surface area (Å²) >= 11 is 0. The lowest BCUT2D eigenvalue weighted by atomic mass is 10.2. The summed E-state index contributed by atoms with van der Waals surface area (Å²) in [7, 11) is 0. The number of H-pyrrole nitrogens is 1. The molecule has 116 valence electrons. The van der Waals surface area contributed by atoms with Gasteiger partial charge in [0.1, 0.15) is 11.5 Å². The van der Waals surface area contributed by atoms with Gasteiger partial charge in [0.05, 0.1) is 11.4 Å². The maximum atomic E-state index is 12.4. The van der Waals surface area contributed by atoms with E-state index < -0.39 is 0 Å². The lowest BCUT2D eigenvalue weighted by Crippen LogP contribution is -2.35. The van der Waals surface area contributed by atoms with Crippen LogP contribution in [-0.4, -0.2) is 33.4 Å². The Hall–Kier alpha value is -2.73. The summed E-state index contributed by atoms with van der Waals surface area (Å²) in [6.45, 7) is 0.886. The van der Waals surface area contributed by atoms with Crippen LogP contribution in [0.5, 0.6) is 0 Å². The first-order valence-electron chi connectivity index (χ1n) is 7.76. The molecule has 1 aromatic carbocycles. The molecule has 1 saturated heterocycles. The van der Waals surface area contributed by atoms with Gasteiger partial charge < -0.3 is 15.6 Å². The van der Waals surface area contributed by atoms with Gasteiger partial charge in [-0.15, -0.1) is 0 Å². The van der Waals surface area contributed by atoms with Gasteiger partial charge in [0.25, 0.3) is 0 Å². The van der Waals surface area contributed by atoms with E-state index in [9.17, 15) is 4.79 Å². The average Bonchev–Trinajstić information content (AvgIpc) is 3.27. The van der Waals surface area contributed by atoms with Crippen LogP contribution in [0, 0.1) is 0 Å². The van der Waals surface area contributed by atoms with Crippen molar-refractivity contribution in [3.8, 4) is 11.4 Å². The predicted octanol–water partition coefficient (Wildman–Crippen LogP) is 2.32. The van der Waals surface area contributed by atoms with Crippen LogP contribution in [0.25, 0.3) is 22.4 Å². The third kappa shape index (κ3) is 2.68. The topological polar surface area (TPSA) is 82.7 Å². The number of rotatable bonds is 3. The summed E-state index contributed by atoms with van der Waals surface area (Å²) in [5.74, 6) is 1.10. The van der Waals surface area contributed by atoms with E-state index in [0.29, 0.717) is 17.3 Å². The van der Waals surface area contributed by atoms with Crippen molar-refractivity contribution in [2.45, 2.75) is 18.9 Å². The standard InChI is InChI=1S/C17H17N5O/c23-17(13-7-4-9-18-13)22-16-12-8-10-19-15(12)20-14(21-16)11-5-2-1-3-6-11/h1-3,5-6,8,10,13,18H,4,7,9H2,(H2,19,20,21,22,23)/t13-/m0/s1. The summed E-state index contributed by atoms with van der Waals surface area (Å²) in [6, 6.07) is 11.5. The molecule has 23 heavy (non-hydrogen) atoms. The number of benzene rings is 1. The highest BCUT2D eigenvalue weighted by Gasteiger charge is 2.23. The number of fused-ring (bicyclic) bond motifs is 1. The molecule has 1 fully saturated rings. The van der Waals surface area contributed by atoms with Crippen molar-refractivity contribution < 1.29 is 4.79 Å². The van der Waals surface area contributed by atoms with Crippen LogP contribution < -0.4 is 10.6 Å². The fourth-order valence-corrected chi connectivity index (χ4v) is 2.86. The molecule has 0 saturated carbocycles.